The van der Waals surface area contributed by atoms with E-state index in [0.717, 1.165) is 17.2 Å². The number of nitrogens with zero attached hydrogens (tertiary/aromatic N) is 1. The highest BCUT2D eigenvalue weighted by Gasteiger charge is 2.10. The Morgan fingerprint density at radius 2 is 2.25 bits per heavy atom. The van der Waals surface area contributed by atoms with Crippen LogP contribution >= 0.6 is 23.4 Å². The average molecular weight is 259 g/mol. The molecule has 0 aliphatic rings. The zero-order chi connectivity index (χ0) is 12.0. The summed E-state index contributed by atoms with van der Waals surface area (Å²) in [6.45, 7) is 4.44. The number of nitrogens with one attached hydrogen (secondary N) is 1. The van der Waals surface area contributed by atoms with Crippen molar-refractivity contribution >= 4 is 23.4 Å². The molecule has 0 saturated heterocycles. The summed E-state index contributed by atoms with van der Waals surface area (Å²) in [6, 6.07) is 2.46. The van der Waals surface area contributed by atoms with Gasteiger partial charge in [-0.15, -0.1) is 0 Å². The van der Waals surface area contributed by atoms with Crippen LogP contribution in [-0.4, -0.2) is 29.1 Å². The Bertz CT molecular complexity index is 318. The predicted molar refractivity (Wildman–Crippen MR) is 73.4 cm³/mol. The summed E-state index contributed by atoms with van der Waals surface area (Å²) in [6.07, 6.45) is 4.46. The molecule has 0 aromatic carbocycles. The van der Waals surface area contributed by atoms with Crippen molar-refractivity contribution in [3.63, 3.8) is 0 Å². The molecule has 2 nitrogen and oxygen atoms in total. The third-order valence-corrected chi connectivity index (χ3v) is 3.96. The largest absolute Gasteiger partial charge is 0.316 e. The molecule has 1 N–H and O–H groups in total. The number of pyridine rings is 1. The van der Waals surface area contributed by atoms with Gasteiger partial charge in [-0.2, -0.15) is 11.8 Å². The monoisotopic (exact) mass is 258 g/mol. The Hall–Kier alpha value is -0.250. The van der Waals surface area contributed by atoms with Crippen molar-refractivity contribution in [2.45, 2.75) is 31.6 Å². The zero-order valence-electron chi connectivity index (χ0n) is 10.0. The van der Waals surface area contributed by atoms with Crippen LogP contribution in [0.2, 0.25) is 5.02 Å². The van der Waals surface area contributed by atoms with Crippen molar-refractivity contribution in [1.29, 1.82) is 0 Å². The lowest BCUT2D eigenvalue weighted by atomic mass is 10.1. The highest BCUT2D eigenvalue weighted by molar-refractivity contribution is 7.99. The molecular weight excluding hydrogens is 240 g/mol. The van der Waals surface area contributed by atoms with Crippen LogP contribution in [-0.2, 0) is 6.42 Å². The topological polar surface area (TPSA) is 24.9 Å². The van der Waals surface area contributed by atoms with Gasteiger partial charge >= 0.3 is 0 Å². The summed E-state index contributed by atoms with van der Waals surface area (Å²) < 4.78 is 0. The maximum absolute atomic E-state index is 6.09. The van der Waals surface area contributed by atoms with Gasteiger partial charge in [0.15, 0.2) is 0 Å². The Kier molecular flexibility index (Phi) is 6.17. The number of likely N-dealkylation sites (N-methyl/N-ethyl adjacent to an activating group) is 1. The fourth-order valence-electron chi connectivity index (χ4n) is 1.39. The minimum Gasteiger partial charge on any atom is -0.316 e. The first-order chi connectivity index (χ1) is 7.63. The molecule has 1 unspecified atom stereocenters. The smallest absolute Gasteiger partial charge is 0.0621 e. The van der Waals surface area contributed by atoms with E-state index in [1.165, 1.54) is 5.56 Å². The van der Waals surface area contributed by atoms with Gasteiger partial charge in [0.05, 0.1) is 5.02 Å². The van der Waals surface area contributed by atoms with Crippen LogP contribution in [0.25, 0.3) is 0 Å². The summed E-state index contributed by atoms with van der Waals surface area (Å²) in [5, 5.41) is 4.76. The lowest BCUT2D eigenvalue weighted by Crippen LogP contribution is -2.30. The Balaban J connectivity index is 2.53. The molecule has 16 heavy (non-hydrogen) atoms. The maximum Gasteiger partial charge on any atom is 0.0621 e. The molecule has 0 amide bonds. The summed E-state index contributed by atoms with van der Waals surface area (Å²) in [5.74, 6) is 1.10. The first-order valence-electron chi connectivity index (χ1n) is 5.50. The molecule has 0 spiro atoms. The van der Waals surface area contributed by atoms with Crippen LogP contribution in [0.4, 0.5) is 0 Å². The second kappa shape index (κ2) is 7.15. The average Bonchev–Trinajstić information content (AvgIpc) is 2.26. The van der Waals surface area contributed by atoms with Gasteiger partial charge in [-0.05, 0) is 30.3 Å². The SMILES string of the molecule is CNC(CSC(C)C)Cc1ccncc1Cl. The molecule has 1 heterocycles. The fraction of sp³-hybridized carbons (Fsp3) is 0.583. The molecule has 0 aliphatic carbocycles. The fourth-order valence-corrected chi connectivity index (χ4v) is 2.49. The molecule has 0 radical (unpaired) electrons. The van der Waals surface area contributed by atoms with Crippen molar-refractivity contribution in [2.24, 2.45) is 0 Å². The summed E-state index contributed by atoms with van der Waals surface area (Å²) in [7, 11) is 2.00. The Labute approximate surface area is 107 Å². The number of aromatic nitrogens is 1. The highest BCUT2D eigenvalue weighted by Crippen LogP contribution is 2.18. The Morgan fingerprint density at radius 3 is 2.81 bits per heavy atom. The van der Waals surface area contributed by atoms with Crippen molar-refractivity contribution < 1.29 is 0 Å². The summed E-state index contributed by atoms with van der Waals surface area (Å²) >= 11 is 8.06. The third kappa shape index (κ3) is 4.73. The van der Waals surface area contributed by atoms with Crippen LogP contribution in [0.5, 0.6) is 0 Å². The van der Waals surface area contributed by atoms with E-state index in [1.54, 1.807) is 12.4 Å². The summed E-state index contributed by atoms with van der Waals surface area (Å²) in [5.41, 5.74) is 1.17. The van der Waals surface area contributed by atoms with Crippen molar-refractivity contribution in [3.8, 4) is 0 Å². The first-order valence-corrected chi connectivity index (χ1v) is 6.93. The molecule has 0 saturated carbocycles. The third-order valence-electron chi connectivity index (χ3n) is 2.36. The van der Waals surface area contributed by atoms with E-state index in [0.29, 0.717) is 11.3 Å². The van der Waals surface area contributed by atoms with Crippen molar-refractivity contribution in [3.05, 3.63) is 29.0 Å². The zero-order valence-corrected chi connectivity index (χ0v) is 11.6. The van der Waals surface area contributed by atoms with E-state index in [1.807, 2.05) is 24.9 Å². The predicted octanol–water partition coefficient (Wildman–Crippen LogP) is 3.01. The van der Waals surface area contributed by atoms with Gasteiger partial charge in [0.25, 0.3) is 0 Å². The Morgan fingerprint density at radius 1 is 1.50 bits per heavy atom. The molecule has 0 aliphatic heterocycles. The lowest BCUT2D eigenvalue weighted by Gasteiger charge is -2.17. The quantitative estimate of drug-likeness (QED) is 0.849. The van der Waals surface area contributed by atoms with Gasteiger partial charge in [-0.1, -0.05) is 25.4 Å². The molecule has 1 aromatic rings. The molecule has 0 fully saturated rings. The van der Waals surface area contributed by atoms with E-state index in [4.69, 9.17) is 11.6 Å². The molecule has 1 atom stereocenters. The van der Waals surface area contributed by atoms with E-state index >= 15 is 0 Å². The van der Waals surface area contributed by atoms with Gasteiger partial charge in [0.2, 0.25) is 0 Å². The number of hydrogen-bond donors (Lipinski definition) is 1. The first kappa shape index (κ1) is 13.8. The normalized spacial score (nSPS) is 13.1. The van der Waals surface area contributed by atoms with Gasteiger partial charge < -0.3 is 5.32 Å². The van der Waals surface area contributed by atoms with Crippen LogP contribution < -0.4 is 5.32 Å². The van der Waals surface area contributed by atoms with Crippen molar-refractivity contribution in [2.75, 3.05) is 12.8 Å². The maximum atomic E-state index is 6.09. The second-order valence-corrected chi connectivity index (χ2v) is 6.06. The number of rotatable bonds is 6. The van der Waals surface area contributed by atoms with E-state index < -0.39 is 0 Å². The van der Waals surface area contributed by atoms with E-state index in [2.05, 4.69) is 24.1 Å². The minimum atomic E-state index is 0.465. The molecule has 1 rings (SSSR count). The molecular formula is C12H19ClN2S. The van der Waals surface area contributed by atoms with Gasteiger partial charge in [0.1, 0.15) is 0 Å². The van der Waals surface area contributed by atoms with Gasteiger partial charge in [0, 0.05) is 24.2 Å². The van der Waals surface area contributed by atoms with Gasteiger partial charge in [-0.25, -0.2) is 0 Å². The second-order valence-electron chi connectivity index (χ2n) is 4.04. The number of hydrogen-bond acceptors (Lipinski definition) is 3. The number of halogens is 1. The molecule has 4 heteroatoms. The van der Waals surface area contributed by atoms with Crippen LogP contribution in [0, 0.1) is 0 Å². The van der Waals surface area contributed by atoms with Crippen molar-refractivity contribution in [1.82, 2.24) is 10.3 Å². The summed E-state index contributed by atoms with van der Waals surface area (Å²) in [4.78, 5) is 3.99. The molecule has 90 valence electrons. The minimum absolute atomic E-state index is 0.465. The lowest BCUT2D eigenvalue weighted by molar-refractivity contribution is 0.616. The van der Waals surface area contributed by atoms with E-state index in [-0.39, 0.29) is 0 Å². The standard InChI is InChI=1S/C12H19ClN2S/c1-9(2)16-8-11(14-3)6-10-4-5-15-7-12(10)13/h4-5,7,9,11,14H,6,8H2,1-3H3. The molecule has 0 bridgehead atoms. The van der Waals surface area contributed by atoms with Gasteiger partial charge in [-0.3, -0.25) is 4.98 Å². The van der Waals surface area contributed by atoms with E-state index in [9.17, 15) is 0 Å². The van der Waals surface area contributed by atoms with Crippen LogP contribution in [0.1, 0.15) is 19.4 Å². The highest BCUT2D eigenvalue weighted by atomic mass is 35.5. The number of thioether (sulfide) groups is 1. The van der Waals surface area contributed by atoms with Crippen LogP contribution in [0.15, 0.2) is 18.5 Å². The molecule has 1 aromatic heterocycles. The van der Waals surface area contributed by atoms with Crippen LogP contribution in [0.3, 0.4) is 0 Å².